The molecule has 26 heteroatoms. The van der Waals surface area contributed by atoms with Gasteiger partial charge in [-0.05, 0) is 73.5 Å². The number of ether oxygens (including phenoxy) is 10. The minimum absolute atomic E-state index is 0.00513. The Balaban J connectivity index is 0.848. The fraction of sp³-hybridized carbons (Fsp3) is 1.00. The standard InChI is InChI=1S/C50H82O26/c1-18-5-8-50(67-16-18)19(2)31-25(75-50)10-22-20-9-30(56)49(64)12-26(23(54)11-48(49,4)21(20)6-7-47(22,31)3)68-44-37(62)34(59)39(28(14-52)70-44)72-46-42(74-45-38(63)35(60)40(76-65)29(15-53)71-45)41(33(58)27(13-51)69-46)73-43-36(61)32(57)24(55)17-66-43/h18-46,51-65H,5-17H2,1-4H3/t18-,19+,20?,21?,22?,23-,24-,25?,26?,27?,28?,29?,30-,31?,32?,33-,34?,35?,36?,37?,38?,39+,40+,41?,42?,43+,44+,45+,46+,47+,48-,49+,50-/m1/s1. The molecule has 4 aliphatic carbocycles. The van der Waals surface area contributed by atoms with Gasteiger partial charge in [0.15, 0.2) is 30.9 Å². The summed E-state index contributed by atoms with van der Waals surface area (Å²) in [5, 5.41) is 166. The summed E-state index contributed by atoms with van der Waals surface area (Å²) in [4.78, 5) is 4.22. The molecule has 26 nitrogen and oxygen atoms in total. The molecule has 438 valence electrons. The van der Waals surface area contributed by atoms with Gasteiger partial charge in [-0.1, -0.05) is 27.7 Å². The SMILES string of the molecule is C[C@@H]1CC[C@@]2(OC1)OC1CC3C4C[C@@H](O)[C@@]5(O)CC(O[C@H]6OC(CO)[C@H](O[C@@H]7OC(CO)[C@@H](O)C(O[C@@H]8OC[C@@H](O)C(O)C8O)C7O[C@@H]7OC(CO)[C@H](OO)C(O)C7O)C(O)C6O)[C@H](O)C[C@]5(C)C4CC[C@]3(C)C1[C@@H]2C. The van der Waals surface area contributed by atoms with E-state index in [0.717, 1.165) is 32.1 Å². The molecule has 6 saturated heterocycles. The lowest BCUT2D eigenvalue weighted by atomic mass is 9.42. The van der Waals surface area contributed by atoms with Crippen LogP contribution in [0, 0.1) is 46.3 Å². The molecule has 17 unspecified atom stereocenters. The van der Waals surface area contributed by atoms with Crippen molar-refractivity contribution in [3.05, 3.63) is 0 Å². The third-order valence-corrected chi connectivity index (χ3v) is 20.3. The van der Waals surface area contributed by atoms with Crippen LogP contribution in [-0.4, -0.2) is 262 Å². The van der Waals surface area contributed by atoms with E-state index >= 15 is 0 Å². The molecule has 76 heavy (non-hydrogen) atoms. The first-order valence-electron chi connectivity index (χ1n) is 27.2. The van der Waals surface area contributed by atoms with Gasteiger partial charge in [0.05, 0.1) is 63.1 Å². The number of fused-ring (bicyclic) bond motifs is 7. The van der Waals surface area contributed by atoms with Crippen molar-refractivity contribution in [1.29, 1.82) is 0 Å². The van der Waals surface area contributed by atoms with Crippen molar-refractivity contribution in [2.75, 3.05) is 33.0 Å². The molecule has 0 radical (unpaired) electrons. The zero-order valence-electron chi connectivity index (χ0n) is 43.1. The number of rotatable bonds is 12. The Hall–Kier alpha value is -1.04. The highest BCUT2D eigenvalue weighted by molar-refractivity contribution is 5.21. The van der Waals surface area contributed by atoms with Crippen molar-refractivity contribution >= 4 is 0 Å². The molecule has 0 aromatic carbocycles. The summed E-state index contributed by atoms with van der Waals surface area (Å²) >= 11 is 0. The molecule has 0 aromatic heterocycles. The first-order chi connectivity index (χ1) is 36.0. The van der Waals surface area contributed by atoms with Crippen LogP contribution in [0.2, 0.25) is 0 Å². The van der Waals surface area contributed by atoms with Gasteiger partial charge in [0.1, 0.15) is 91.6 Å². The molecule has 4 saturated carbocycles. The molecule has 10 rings (SSSR count). The molecule has 10 fully saturated rings. The maximum Gasteiger partial charge on any atom is 0.187 e. The van der Waals surface area contributed by atoms with Crippen LogP contribution in [0.4, 0.5) is 0 Å². The van der Waals surface area contributed by atoms with Crippen LogP contribution in [-0.2, 0) is 52.3 Å². The van der Waals surface area contributed by atoms with Crippen molar-refractivity contribution < 1.29 is 129 Å². The highest BCUT2D eigenvalue weighted by Crippen LogP contribution is 2.72. The number of hydrogen-bond donors (Lipinski definition) is 15. The lowest BCUT2D eigenvalue weighted by molar-refractivity contribution is -0.416. The highest BCUT2D eigenvalue weighted by atomic mass is 17.1. The molecule has 10 aliphatic rings. The van der Waals surface area contributed by atoms with Crippen LogP contribution in [0.3, 0.4) is 0 Å². The van der Waals surface area contributed by atoms with E-state index in [9.17, 15) is 76.7 Å². The van der Waals surface area contributed by atoms with Gasteiger partial charge in [-0.3, -0.25) is 5.26 Å². The van der Waals surface area contributed by atoms with Gasteiger partial charge in [-0.2, -0.15) is 0 Å². The van der Waals surface area contributed by atoms with Gasteiger partial charge in [0, 0.05) is 24.2 Å². The van der Waals surface area contributed by atoms with E-state index in [1.54, 1.807) is 0 Å². The van der Waals surface area contributed by atoms with Crippen LogP contribution in [0.1, 0.15) is 79.1 Å². The van der Waals surface area contributed by atoms with Gasteiger partial charge < -0.3 is 119 Å². The van der Waals surface area contributed by atoms with E-state index in [1.165, 1.54) is 0 Å². The smallest absolute Gasteiger partial charge is 0.187 e. The van der Waals surface area contributed by atoms with Gasteiger partial charge in [-0.25, -0.2) is 4.89 Å². The number of aliphatic hydroxyl groups is 14. The van der Waals surface area contributed by atoms with E-state index in [4.69, 9.17) is 47.4 Å². The van der Waals surface area contributed by atoms with Crippen LogP contribution >= 0.6 is 0 Å². The summed E-state index contributed by atoms with van der Waals surface area (Å²) in [6, 6.07) is 0. The van der Waals surface area contributed by atoms with E-state index in [1.807, 2.05) is 6.92 Å². The Morgan fingerprint density at radius 2 is 1.17 bits per heavy atom. The number of hydrogen-bond acceptors (Lipinski definition) is 26. The predicted molar refractivity (Wildman–Crippen MR) is 248 cm³/mol. The summed E-state index contributed by atoms with van der Waals surface area (Å²) < 4.78 is 60.7. The average molecular weight is 1100 g/mol. The van der Waals surface area contributed by atoms with E-state index < -0.39 is 178 Å². The summed E-state index contributed by atoms with van der Waals surface area (Å²) in [6.45, 7) is 6.04. The van der Waals surface area contributed by atoms with E-state index in [0.29, 0.717) is 18.9 Å². The molecule has 6 heterocycles. The fourth-order valence-corrected chi connectivity index (χ4v) is 16.0. The molecule has 0 aromatic rings. The zero-order valence-corrected chi connectivity index (χ0v) is 43.1. The molecule has 6 aliphatic heterocycles. The normalized spacial score (nSPS) is 58.4. The Morgan fingerprint density at radius 1 is 0.566 bits per heavy atom. The lowest BCUT2D eigenvalue weighted by Crippen LogP contribution is -2.71. The number of aliphatic hydroxyl groups excluding tert-OH is 13. The minimum Gasteiger partial charge on any atom is -0.394 e. The van der Waals surface area contributed by atoms with Crippen LogP contribution in [0.5, 0.6) is 0 Å². The van der Waals surface area contributed by atoms with Gasteiger partial charge in [-0.15, -0.1) is 0 Å². The Labute approximate surface area is 439 Å². The van der Waals surface area contributed by atoms with Gasteiger partial charge in [0.25, 0.3) is 0 Å². The molecule has 1 spiro atoms. The molecular formula is C50H82O26. The quantitative estimate of drug-likeness (QED) is 0.0496. The second kappa shape index (κ2) is 21.9. The lowest BCUT2D eigenvalue weighted by Gasteiger charge is -2.66. The van der Waals surface area contributed by atoms with E-state index in [2.05, 4.69) is 25.7 Å². The Kier molecular flexibility index (Phi) is 16.8. The third kappa shape index (κ3) is 9.45. The van der Waals surface area contributed by atoms with Crippen molar-refractivity contribution in [3.63, 3.8) is 0 Å². The third-order valence-electron chi connectivity index (χ3n) is 20.3. The zero-order chi connectivity index (χ0) is 54.7. The molecule has 0 amide bonds. The average Bonchev–Trinajstić information content (AvgIpc) is 3.86. The van der Waals surface area contributed by atoms with Crippen molar-refractivity contribution in [2.45, 2.75) is 232 Å². The fourth-order valence-electron chi connectivity index (χ4n) is 16.0. The van der Waals surface area contributed by atoms with Crippen LogP contribution in [0.15, 0.2) is 0 Å². The first-order valence-corrected chi connectivity index (χ1v) is 27.2. The summed E-state index contributed by atoms with van der Waals surface area (Å²) in [5.41, 5.74) is -2.84. The van der Waals surface area contributed by atoms with Crippen molar-refractivity contribution in [3.8, 4) is 0 Å². The second-order valence-electron chi connectivity index (χ2n) is 24.4. The first kappa shape index (κ1) is 58.2. The largest absolute Gasteiger partial charge is 0.394 e. The highest BCUT2D eigenvalue weighted by Gasteiger charge is 2.73. The van der Waals surface area contributed by atoms with Crippen molar-refractivity contribution in [1.82, 2.24) is 0 Å². The molecule has 0 bridgehead atoms. The summed E-state index contributed by atoms with van der Waals surface area (Å²) in [7, 11) is 0. The molecule has 15 N–H and O–H groups in total. The molecule has 33 atom stereocenters. The molecular weight excluding hydrogens is 1020 g/mol. The monoisotopic (exact) mass is 1100 g/mol. The van der Waals surface area contributed by atoms with Crippen LogP contribution < -0.4 is 0 Å². The maximum absolute atomic E-state index is 12.8. The predicted octanol–water partition coefficient (Wildman–Crippen LogP) is -4.72. The Morgan fingerprint density at radius 3 is 1.82 bits per heavy atom. The van der Waals surface area contributed by atoms with Gasteiger partial charge in [0.2, 0.25) is 0 Å². The Bertz CT molecular complexity index is 1970. The summed E-state index contributed by atoms with van der Waals surface area (Å²) in [6.07, 6.45) is -34.6. The van der Waals surface area contributed by atoms with Gasteiger partial charge >= 0.3 is 0 Å². The minimum atomic E-state index is -2.09. The summed E-state index contributed by atoms with van der Waals surface area (Å²) in [5.74, 6) is 0.468. The van der Waals surface area contributed by atoms with Crippen LogP contribution in [0.25, 0.3) is 0 Å². The van der Waals surface area contributed by atoms with Crippen molar-refractivity contribution in [2.24, 2.45) is 46.3 Å². The second-order valence-corrected chi connectivity index (χ2v) is 24.4. The maximum atomic E-state index is 12.8. The van der Waals surface area contributed by atoms with E-state index in [-0.39, 0.29) is 54.0 Å². The topological polar surface area (TPSA) is 405 Å².